The van der Waals surface area contributed by atoms with Crippen LogP contribution < -0.4 is 14.8 Å². The van der Waals surface area contributed by atoms with E-state index in [1.165, 1.54) is 19.4 Å². The molecule has 0 fully saturated rings. The summed E-state index contributed by atoms with van der Waals surface area (Å²) >= 11 is 12.2. The van der Waals surface area contributed by atoms with Crippen LogP contribution in [-0.2, 0) is 9.53 Å². The number of hydrogen-bond donors (Lipinski definition) is 2. The molecule has 2 rings (SSSR count). The van der Waals surface area contributed by atoms with E-state index in [9.17, 15) is 14.7 Å². The van der Waals surface area contributed by atoms with Gasteiger partial charge in [-0.05, 0) is 43.4 Å². The van der Waals surface area contributed by atoms with Gasteiger partial charge in [0, 0.05) is 17.3 Å². The number of aromatic hydroxyl groups is 1. The van der Waals surface area contributed by atoms with Gasteiger partial charge in [0.1, 0.15) is 24.0 Å². The van der Waals surface area contributed by atoms with Crippen molar-refractivity contribution in [2.45, 2.75) is 59.3 Å². The molecule has 1 amide bonds. The number of carbonyl (C=O) groups is 2. The molecule has 2 aromatic rings. The molecule has 0 saturated carbocycles. The Labute approximate surface area is 215 Å². The average molecular weight is 527 g/mol. The van der Waals surface area contributed by atoms with Crippen LogP contribution in [0.25, 0.3) is 0 Å². The van der Waals surface area contributed by atoms with Crippen LogP contribution in [-0.4, -0.2) is 47.3 Å². The number of nitrogens with zero attached hydrogens (tertiary/aromatic N) is 1. The lowest BCUT2D eigenvalue weighted by Gasteiger charge is -2.30. The van der Waals surface area contributed by atoms with Crippen molar-refractivity contribution in [3.8, 4) is 17.2 Å². The lowest BCUT2D eigenvalue weighted by atomic mass is 10.0. The summed E-state index contributed by atoms with van der Waals surface area (Å²) in [5.41, 5.74) is -0.250. The fourth-order valence-electron chi connectivity index (χ4n) is 3.50. The van der Waals surface area contributed by atoms with E-state index < -0.39 is 35.9 Å². The van der Waals surface area contributed by atoms with Crippen molar-refractivity contribution < 1.29 is 28.9 Å². The summed E-state index contributed by atoms with van der Waals surface area (Å²) in [5, 5.41) is 13.7. The van der Waals surface area contributed by atoms with Crippen molar-refractivity contribution in [3.05, 3.63) is 46.2 Å². The molecule has 0 unspecified atom stereocenters. The molecule has 3 atom stereocenters. The van der Waals surface area contributed by atoms with Crippen LogP contribution in [0.4, 0.5) is 0 Å². The Balaban J connectivity index is 2.18. The SMILES string of the molecule is COc1ccnc(C(=O)N[C@@H](CC(C)C)C(=O)O[C@@H](C)[C@H](Oc2ccc(Cl)cc2Cl)C(C)C)c1O. The van der Waals surface area contributed by atoms with Gasteiger partial charge in [0.05, 0.1) is 12.1 Å². The van der Waals surface area contributed by atoms with E-state index in [4.69, 9.17) is 37.4 Å². The minimum atomic E-state index is -0.968. The number of ether oxygens (including phenoxy) is 3. The number of esters is 1. The minimum absolute atomic E-state index is 0.0272. The Morgan fingerprint density at radius 1 is 1.09 bits per heavy atom. The number of carbonyl (C=O) groups excluding carboxylic acids is 2. The molecule has 0 aliphatic rings. The Kier molecular flexibility index (Phi) is 10.5. The smallest absolute Gasteiger partial charge is 0.329 e. The third-order valence-corrected chi connectivity index (χ3v) is 5.73. The fourth-order valence-corrected chi connectivity index (χ4v) is 3.96. The summed E-state index contributed by atoms with van der Waals surface area (Å²) in [6.45, 7) is 9.42. The van der Waals surface area contributed by atoms with E-state index in [0.29, 0.717) is 22.2 Å². The number of pyridine rings is 1. The van der Waals surface area contributed by atoms with Gasteiger partial charge in [0.25, 0.3) is 5.91 Å². The maximum absolute atomic E-state index is 13.1. The van der Waals surface area contributed by atoms with E-state index in [1.807, 2.05) is 27.7 Å². The molecule has 1 aromatic carbocycles. The van der Waals surface area contributed by atoms with Crippen molar-refractivity contribution in [2.24, 2.45) is 11.8 Å². The van der Waals surface area contributed by atoms with Crippen molar-refractivity contribution >= 4 is 35.1 Å². The zero-order valence-electron chi connectivity index (χ0n) is 20.7. The van der Waals surface area contributed by atoms with Gasteiger partial charge in [-0.3, -0.25) is 4.79 Å². The second-order valence-electron chi connectivity index (χ2n) is 8.91. The van der Waals surface area contributed by atoms with Crippen molar-refractivity contribution in [1.29, 1.82) is 0 Å². The highest BCUT2D eigenvalue weighted by atomic mass is 35.5. The molecule has 8 nitrogen and oxygen atoms in total. The number of halogens is 2. The number of rotatable bonds is 11. The minimum Gasteiger partial charge on any atom is -0.503 e. The van der Waals surface area contributed by atoms with Gasteiger partial charge in [0.2, 0.25) is 0 Å². The topological polar surface area (TPSA) is 107 Å². The van der Waals surface area contributed by atoms with E-state index in [0.717, 1.165) is 0 Å². The number of benzene rings is 1. The van der Waals surface area contributed by atoms with Crippen LogP contribution in [0.15, 0.2) is 30.5 Å². The lowest BCUT2D eigenvalue weighted by molar-refractivity contribution is -0.156. The molecule has 35 heavy (non-hydrogen) atoms. The monoisotopic (exact) mass is 526 g/mol. The maximum atomic E-state index is 13.1. The summed E-state index contributed by atoms with van der Waals surface area (Å²) in [6.07, 6.45) is 0.469. The maximum Gasteiger partial charge on any atom is 0.329 e. The van der Waals surface area contributed by atoms with Crippen LogP contribution in [0.5, 0.6) is 17.2 Å². The predicted octanol–water partition coefficient (Wildman–Crippen LogP) is 5.28. The summed E-state index contributed by atoms with van der Waals surface area (Å²) in [7, 11) is 1.36. The van der Waals surface area contributed by atoms with Crippen LogP contribution in [0, 0.1) is 11.8 Å². The Bertz CT molecular complexity index is 1030. The first-order valence-electron chi connectivity index (χ1n) is 11.3. The van der Waals surface area contributed by atoms with Crippen LogP contribution >= 0.6 is 23.2 Å². The van der Waals surface area contributed by atoms with Crippen molar-refractivity contribution in [3.63, 3.8) is 0 Å². The summed E-state index contributed by atoms with van der Waals surface area (Å²) in [4.78, 5) is 29.8. The second kappa shape index (κ2) is 12.8. The van der Waals surface area contributed by atoms with E-state index in [1.54, 1.807) is 25.1 Å². The van der Waals surface area contributed by atoms with E-state index >= 15 is 0 Å². The van der Waals surface area contributed by atoms with E-state index in [-0.39, 0.29) is 23.3 Å². The van der Waals surface area contributed by atoms with Gasteiger partial charge in [-0.2, -0.15) is 0 Å². The third-order valence-electron chi connectivity index (χ3n) is 5.20. The van der Waals surface area contributed by atoms with Gasteiger partial charge >= 0.3 is 5.97 Å². The standard InChI is InChI=1S/C25H32Cl2N2O6/c1-13(2)11-18(29-24(31)21-22(30)20(33-6)9-10-28-21)25(32)34-15(5)23(14(3)4)35-19-8-7-16(26)12-17(19)27/h7-10,12-15,18,23,30H,11H2,1-6H3,(H,29,31)/t15-,18-,23+/m0/s1. The first-order chi connectivity index (χ1) is 16.4. The number of methoxy groups -OCH3 is 1. The third kappa shape index (κ3) is 7.90. The molecule has 0 radical (unpaired) electrons. The summed E-state index contributed by atoms with van der Waals surface area (Å²) < 4.78 is 16.8. The first kappa shape index (κ1) is 28.5. The second-order valence-corrected chi connectivity index (χ2v) is 9.75. The highest BCUT2D eigenvalue weighted by molar-refractivity contribution is 6.35. The van der Waals surface area contributed by atoms with Crippen molar-refractivity contribution in [1.82, 2.24) is 10.3 Å². The average Bonchev–Trinajstić information content (AvgIpc) is 2.77. The zero-order chi connectivity index (χ0) is 26.3. The molecular formula is C25H32Cl2N2O6. The Morgan fingerprint density at radius 3 is 2.34 bits per heavy atom. The molecule has 10 heteroatoms. The summed E-state index contributed by atoms with van der Waals surface area (Å²) in [6, 6.07) is 5.34. The van der Waals surface area contributed by atoms with Crippen LogP contribution in [0.2, 0.25) is 10.0 Å². The molecule has 0 spiro atoms. The van der Waals surface area contributed by atoms with Gasteiger partial charge in [-0.15, -0.1) is 0 Å². The van der Waals surface area contributed by atoms with Crippen LogP contribution in [0.3, 0.4) is 0 Å². The fraction of sp³-hybridized carbons (Fsp3) is 0.480. The molecule has 0 aliphatic carbocycles. The molecule has 192 valence electrons. The summed E-state index contributed by atoms with van der Waals surface area (Å²) in [5.74, 6) is -1.20. The van der Waals surface area contributed by atoms with Crippen molar-refractivity contribution in [2.75, 3.05) is 7.11 Å². The van der Waals surface area contributed by atoms with Crippen LogP contribution in [0.1, 0.15) is 51.5 Å². The number of hydrogen-bond acceptors (Lipinski definition) is 7. The Morgan fingerprint density at radius 2 is 1.77 bits per heavy atom. The van der Waals surface area contributed by atoms with Gasteiger partial charge in [-0.25, -0.2) is 9.78 Å². The normalized spacial score (nSPS) is 13.8. The molecule has 1 aromatic heterocycles. The molecule has 2 N–H and O–H groups in total. The molecule has 0 saturated heterocycles. The quantitative estimate of drug-likeness (QED) is 0.383. The van der Waals surface area contributed by atoms with E-state index in [2.05, 4.69) is 10.3 Å². The predicted molar refractivity (Wildman–Crippen MR) is 134 cm³/mol. The number of aromatic nitrogens is 1. The number of nitrogens with one attached hydrogen (secondary N) is 1. The molecule has 1 heterocycles. The Hall–Kier alpha value is -2.71. The molecular weight excluding hydrogens is 495 g/mol. The van der Waals surface area contributed by atoms with Gasteiger partial charge < -0.3 is 24.6 Å². The number of amides is 1. The zero-order valence-corrected chi connectivity index (χ0v) is 22.2. The van der Waals surface area contributed by atoms with Gasteiger partial charge in [-0.1, -0.05) is 50.9 Å². The molecule has 0 bridgehead atoms. The highest BCUT2D eigenvalue weighted by Gasteiger charge is 2.32. The largest absolute Gasteiger partial charge is 0.503 e. The van der Waals surface area contributed by atoms with Gasteiger partial charge in [0.15, 0.2) is 17.2 Å². The molecule has 0 aliphatic heterocycles. The highest BCUT2D eigenvalue weighted by Crippen LogP contribution is 2.31. The lowest BCUT2D eigenvalue weighted by Crippen LogP contribution is -2.46. The first-order valence-corrected chi connectivity index (χ1v) is 12.0.